The minimum absolute atomic E-state index is 0.0370. The summed E-state index contributed by atoms with van der Waals surface area (Å²) in [6.07, 6.45) is 0. The Labute approximate surface area is 155 Å². The maximum absolute atomic E-state index is 12.4. The van der Waals surface area contributed by atoms with E-state index >= 15 is 0 Å². The van der Waals surface area contributed by atoms with Crippen molar-refractivity contribution in [2.75, 3.05) is 0 Å². The molecule has 0 spiro atoms. The molecule has 0 saturated heterocycles. The monoisotopic (exact) mass is 358 g/mol. The lowest BCUT2D eigenvalue weighted by Crippen LogP contribution is -2.36. The molecule has 2 aromatic heterocycles. The number of aryl methyl sites for hydroxylation is 2. The predicted molar refractivity (Wildman–Crippen MR) is 104 cm³/mol. The molecule has 0 aliphatic heterocycles. The van der Waals surface area contributed by atoms with E-state index in [9.17, 15) is 4.79 Å². The van der Waals surface area contributed by atoms with Gasteiger partial charge in [-0.15, -0.1) is 5.10 Å². The van der Waals surface area contributed by atoms with Crippen LogP contribution < -0.4 is 10.9 Å². The Kier molecular flexibility index (Phi) is 4.04. The van der Waals surface area contributed by atoms with Gasteiger partial charge in [0.05, 0.1) is 5.70 Å². The number of carbonyl (C=O) groups is 1. The largest absolute Gasteiger partial charge is 0.309 e. The molecule has 0 saturated carbocycles. The molecule has 2 aromatic carbocycles. The van der Waals surface area contributed by atoms with Crippen LogP contribution in [0.25, 0.3) is 22.2 Å². The van der Waals surface area contributed by atoms with Crippen LogP contribution in [0.2, 0.25) is 0 Å². The lowest BCUT2D eigenvalue weighted by molar-refractivity contribution is 0.0932. The lowest BCUT2D eigenvalue weighted by atomic mass is 10.1. The summed E-state index contributed by atoms with van der Waals surface area (Å²) >= 11 is 0. The first-order chi connectivity index (χ1) is 13.0. The summed E-state index contributed by atoms with van der Waals surface area (Å²) < 4.78 is 1.54. The number of nitrogens with zero attached hydrogens (tertiary/aromatic N) is 4. The number of amides is 1. The molecule has 134 valence electrons. The van der Waals surface area contributed by atoms with Crippen LogP contribution in [0.5, 0.6) is 0 Å². The summed E-state index contributed by atoms with van der Waals surface area (Å²) in [5.74, 6) is -0.0273. The van der Waals surface area contributed by atoms with E-state index < -0.39 is 5.91 Å². The highest BCUT2D eigenvalue weighted by Crippen LogP contribution is 2.18. The van der Waals surface area contributed by atoms with Crippen molar-refractivity contribution in [3.8, 4) is 0 Å². The Morgan fingerprint density at radius 1 is 1.00 bits per heavy atom. The first-order valence-corrected chi connectivity index (χ1v) is 8.47. The lowest BCUT2D eigenvalue weighted by Gasteiger charge is -2.10. The van der Waals surface area contributed by atoms with Crippen LogP contribution >= 0.6 is 0 Å². The summed E-state index contributed by atoms with van der Waals surface area (Å²) in [6, 6.07) is 15.9. The molecule has 2 N–H and O–H groups in total. The number of hydrogen-bond donors (Lipinski definition) is 2. The van der Waals surface area contributed by atoms with Gasteiger partial charge in [0.2, 0.25) is 5.82 Å². The molecule has 0 aliphatic rings. The van der Waals surface area contributed by atoms with Gasteiger partial charge in [0.25, 0.3) is 5.78 Å². The van der Waals surface area contributed by atoms with Crippen LogP contribution in [0.1, 0.15) is 27.6 Å². The standard InChI is InChI=1S/C20H18N6O/c1-12-10-13(2)26-20(21-12)22-18(25-26)19(27)24-23-14(3)16-9-8-15-6-4-5-7-17(15)11-16/h4-11,23H,3H2,1-2H3,(H,24,27). The molecule has 4 rings (SSSR count). The number of carbonyl (C=O) groups excluding carboxylic acids is 1. The van der Waals surface area contributed by atoms with E-state index in [1.54, 1.807) is 4.52 Å². The van der Waals surface area contributed by atoms with Gasteiger partial charge in [-0.2, -0.15) is 4.98 Å². The number of fused-ring (bicyclic) bond motifs is 2. The van der Waals surface area contributed by atoms with Crippen molar-refractivity contribution in [1.82, 2.24) is 30.4 Å². The van der Waals surface area contributed by atoms with Gasteiger partial charge < -0.3 is 0 Å². The second-order valence-electron chi connectivity index (χ2n) is 6.31. The maximum Gasteiger partial charge on any atom is 0.309 e. The zero-order chi connectivity index (χ0) is 19.0. The molecule has 7 nitrogen and oxygen atoms in total. The molecule has 0 fully saturated rings. The Hall–Kier alpha value is -3.74. The normalized spacial score (nSPS) is 10.9. The van der Waals surface area contributed by atoms with Gasteiger partial charge in [-0.3, -0.25) is 15.6 Å². The highest BCUT2D eigenvalue weighted by molar-refractivity contribution is 5.91. The van der Waals surface area contributed by atoms with E-state index in [0.29, 0.717) is 11.5 Å². The van der Waals surface area contributed by atoms with E-state index in [0.717, 1.165) is 27.7 Å². The number of nitrogens with one attached hydrogen (secondary N) is 2. The van der Waals surface area contributed by atoms with E-state index in [1.807, 2.05) is 62.4 Å². The second-order valence-corrected chi connectivity index (χ2v) is 6.31. The summed E-state index contributed by atoms with van der Waals surface area (Å²) in [4.78, 5) is 20.8. The molecule has 1 amide bonds. The van der Waals surface area contributed by atoms with Gasteiger partial charge in [0.1, 0.15) is 0 Å². The van der Waals surface area contributed by atoms with Crippen molar-refractivity contribution in [1.29, 1.82) is 0 Å². The highest BCUT2D eigenvalue weighted by atomic mass is 16.2. The number of benzene rings is 2. The van der Waals surface area contributed by atoms with Gasteiger partial charge in [-0.25, -0.2) is 9.50 Å². The summed E-state index contributed by atoms with van der Waals surface area (Å²) in [5.41, 5.74) is 8.55. The SMILES string of the molecule is C=C(NNC(=O)c1nc2nc(C)cc(C)n2n1)c1ccc2ccccc2c1. The molecule has 4 aromatic rings. The Bertz CT molecular complexity index is 1190. The third-order valence-corrected chi connectivity index (χ3v) is 4.25. The minimum Gasteiger partial charge on any atom is -0.298 e. The number of hydrogen-bond acceptors (Lipinski definition) is 5. The quantitative estimate of drug-likeness (QED) is 0.548. The smallest absolute Gasteiger partial charge is 0.298 e. The van der Waals surface area contributed by atoms with Crippen LogP contribution in [0.15, 0.2) is 55.1 Å². The van der Waals surface area contributed by atoms with E-state index in [1.165, 1.54) is 0 Å². The fourth-order valence-corrected chi connectivity index (χ4v) is 2.90. The average Bonchev–Trinajstić information content (AvgIpc) is 3.10. The fourth-order valence-electron chi connectivity index (χ4n) is 2.90. The van der Waals surface area contributed by atoms with Crippen LogP contribution in [0.4, 0.5) is 0 Å². The zero-order valence-corrected chi connectivity index (χ0v) is 15.0. The molecule has 0 bridgehead atoms. The summed E-state index contributed by atoms with van der Waals surface area (Å²) in [6.45, 7) is 7.74. The first-order valence-electron chi connectivity index (χ1n) is 8.47. The van der Waals surface area contributed by atoms with E-state index in [4.69, 9.17) is 0 Å². The molecular weight excluding hydrogens is 340 g/mol. The molecular formula is C20H18N6O. The molecule has 0 radical (unpaired) electrons. The zero-order valence-electron chi connectivity index (χ0n) is 15.0. The van der Waals surface area contributed by atoms with Gasteiger partial charge in [0.15, 0.2) is 0 Å². The molecule has 2 heterocycles. The van der Waals surface area contributed by atoms with Crippen LogP contribution in [-0.4, -0.2) is 25.5 Å². The van der Waals surface area contributed by atoms with Gasteiger partial charge in [-0.1, -0.05) is 43.0 Å². The summed E-state index contributed by atoms with van der Waals surface area (Å²) in [5, 5.41) is 6.45. The fraction of sp³-hybridized carbons (Fsp3) is 0.100. The highest BCUT2D eigenvalue weighted by Gasteiger charge is 2.15. The van der Waals surface area contributed by atoms with Crippen molar-refractivity contribution in [3.05, 3.63) is 77.9 Å². The molecule has 0 atom stereocenters. The van der Waals surface area contributed by atoms with Gasteiger partial charge in [-0.05, 0) is 42.3 Å². The number of hydrazine groups is 1. The minimum atomic E-state index is -0.459. The maximum atomic E-state index is 12.4. The second kappa shape index (κ2) is 6.53. The van der Waals surface area contributed by atoms with Crippen LogP contribution in [-0.2, 0) is 0 Å². The van der Waals surface area contributed by atoms with Gasteiger partial charge in [0, 0.05) is 11.4 Å². The van der Waals surface area contributed by atoms with E-state index in [-0.39, 0.29) is 5.82 Å². The van der Waals surface area contributed by atoms with Gasteiger partial charge >= 0.3 is 5.91 Å². The van der Waals surface area contributed by atoms with Crippen molar-refractivity contribution in [3.63, 3.8) is 0 Å². The Morgan fingerprint density at radius 2 is 1.78 bits per heavy atom. The average molecular weight is 358 g/mol. The van der Waals surface area contributed by atoms with E-state index in [2.05, 4.69) is 32.5 Å². The van der Waals surface area contributed by atoms with Crippen molar-refractivity contribution >= 4 is 28.2 Å². The Balaban J connectivity index is 1.49. The molecule has 0 aliphatic carbocycles. The summed E-state index contributed by atoms with van der Waals surface area (Å²) in [7, 11) is 0. The molecule has 7 heteroatoms. The van der Waals surface area contributed by atoms with Crippen LogP contribution in [0.3, 0.4) is 0 Å². The number of rotatable bonds is 4. The van der Waals surface area contributed by atoms with Crippen molar-refractivity contribution < 1.29 is 4.79 Å². The number of aromatic nitrogens is 4. The third-order valence-electron chi connectivity index (χ3n) is 4.25. The molecule has 27 heavy (non-hydrogen) atoms. The predicted octanol–water partition coefficient (Wildman–Crippen LogP) is 2.80. The first kappa shape index (κ1) is 16.7. The molecule has 0 unspecified atom stereocenters. The topological polar surface area (TPSA) is 84.2 Å². The third kappa shape index (κ3) is 3.22. The Morgan fingerprint density at radius 3 is 2.59 bits per heavy atom. The van der Waals surface area contributed by atoms with Crippen LogP contribution in [0, 0.1) is 13.8 Å². The van der Waals surface area contributed by atoms with Crippen molar-refractivity contribution in [2.24, 2.45) is 0 Å². The van der Waals surface area contributed by atoms with Crippen molar-refractivity contribution in [2.45, 2.75) is 13.8 Å².